The van der Waals surface area contributed by atoms with Gasteiger partial charge in [0.25, 0.3) is 11.4 Å². The number of hydrogen-bond acceptors (Lipinski definition) is 11. The summed E-state index contributed by atoms with van der Waals surface area (Å²) >= 11 is 0. The average Bonchev–Trinajstić information content (AvgIpc) is 3.03. The fourth-order valence-electron chi connectivity index (χ4n) is 4.98. The standard InChI is InChI=1S/C18H24N2O6.C15H18N2O6/c1-4-6-8-13-16(19(22)23)18(3,20(24)25)26-17(21)15(5-2)14-11-9-7-10-12-14;1-5-9(4)11-6-10(16(20)21)7-12(17(22)23)14(11)13(8(2)3)15(18)19/h5,7,9-12,16H,4,6,8,13H2,1-3H3;6-7,9H,5H2,1-4H3,(H,18,19)/b15-5+;. The van der Waals surface area contributed by atoms with Crippen LogP contribution in [0.5, 0.6) is 0 Å². The van der Waals surface area contributed by atoms with Gasteiger partial charge >= 0.3 is 23.7 Å². The fourth-order valence-corrected chi connectivity index (χ4v) is 4.98. The second-order valence-electron chi connectivity index (χ2n) is 11.5. The van der Waals surface area contributed by atoms with Crippen molar-refractivity contribution in [3.8, 4) is 0 Å². The molecule has 16 nitrogen and oxygen atoms in total. The van der Waals surface area contributed by atoms with E-state index in [0.717, 1.165) is 19.4 Å². The van der Waals surface area contributed by atoms with Crippen molar-refractivity contribution >= 4 is 34.5 Å². The third-order valence-electron chi connectivity index (χ3n) is 7.86. The molecule has 16 heteroatoms. The molecule has 266 valence electrons. The van der Waals surface area contributed by atoms with Crippen molar-refractivity contribution in [2.75, 3.05) is 0 Å². The number of rotatable bonds is 16. The van der Waals surface area contributed by atoms with Gasteiger partial charge in [-0.3, -0.25) is 40.5 Å². The Hall–Kier alpha value is -5.54. The van der Waals surface area contributed by atoms with Crippen LogP contribution in [0.1, 0.15) is 103 Å². The predicted octanol–water partition coefficient (Wildman–Crippen LogP) is 7.75. The van der Waals surface area contributed by atoms with Crippen LogP contribution in [0.25, 0.3) is 11.1 Å². The van der Waals surface area contributed by atoms with Gasteiger partial charge < -0.3 is 9.84 Å². The third-order valence-corrected chi connectivity index (χ3v) is 7.86. The highest BCUT2D eigenvalue weighted by atomic mass is 16.7. The molecule has 0 aliphatic heterocycles. The highest BCUT2D eigenvalue weighted by molar-refractivity contribution is 6.18. The monoisotopic (exact) mass is 686 g/mol. The van der Waals surface area contributed by atoms with Crippen LogP contribution in [0.4, 0.5) is 11.4 Å². The molecule has 3 atom stereocenters. The Morgan fingerprint density at radius 2 is 1.55 bits per heavy atom. The number of carbonyl (C=O) groups is 2. The van der Waals surface area contributed by atoms with Crippen LogP contribution < -0.4 is 0 Å². The minimum atomic E-state index is -2.45. The van der Waals surface area contributed by atoms with E-state index in [1.165, 1.54) is 26.0 Å². The first-order valence-corrected chi connectivity index (χ1v) is 15.5. The van der Waals surface area contributed by atoms with Crippen LogP contribution in [0.3, 0.4) is 0 Å². The minimum absolute atomic E-state index is 0.0396. The number of carboxylic acid groups (broad SMARTS) is 1. The van der Waals surface area contributed by atoms with E-state index < -0.39 is 54.8 Å². The Morgan fingerprint density at radius 3 is 1.96 bits per heavy atom. The summed E-state index contributed by atoms with van der Waals surface area (Å²) in [6.45, 7) is 11.1. The first-order valence-electron chi connectivity index (χ1n) is 15.5. The van der Waals surface area contributed by atoms with Crippen LogP contribution in [0.2, 0.25) is 0 Å². The first-order chi connectivity index (χ1) is 22.9. The molecule has 2 aromatic carbocycles. The van der Waals surface area contributed by atoms with E-state index in [1.54, 1.807) is 44.2 Å². The Kier molecular flexibility index (Phi) is 15.8. The fraction of sp³-hybridized carbons (Fsp3) is 0.455. The van der Waals surface area contributed by atoms with E-state index in [0.29, 0.717) is 36.0 Å². The van der Waals surface area contributed by atoms with Crippen LogP contribution in [-0.4, -0.2) is 48.5 Å². The third kappa shape index (κ3) is 10.7. The molecule has 0 fully saturated rings. The van der Waals surface area contributed by atoms with Crippen LogP contribution in [0, 0.1) is 40.5 Å². The Morgan fingerprint density at radius 1 is 0.959 bits per heavy atom. The number of carboxylic acids is 1. The summed E-state index contributed by atoms with van der Waals surface area (Å²) in [4.78, 5) is 66.4. The molecule has 0 heterocycles. The van der Waals surface area contributed by atoms with Crippen molar-refractivity contribution in [2.24, 2.45) is 0 Å². The van der Waals surface area contributed by atoms with E-state index in [4.69, 9.17) is 4.74 Å². The Balaban J connectivity index is 0.000000494. The van der Waals surface area contributed by atoms with Gasteiger partial charge in [-0.2, -0.15) is 0 Å². The molecule has 1 N–H and O–H groups in total. The zero-order chi connectivity index (χ0) is 37.6. The molecule has 0 spiro atoms. The molecule has 0 saturated heterocycles. The smallest absolute Gasteiger partial charge is 0.429 e. The maximum absolute atomic E-state index is 12.5. The largest absolute Gasteiger partial charge is 0.478 e. The number of non-ortho nitro benzene ring substituents is 1. The quantitative estimate of drug-likeness (QED) is 0.0445. The number of hydrogen-bond donors (Lipinski definition) is 1. The van der Waals surface area contributed by atoms with Gasteiger partial charge in [-0.25, -0.2) is 9.59 Å². The second-order valence-corrected chi connectivity index (χ2v) is 11.5. The molecule has 0 aliphatic carbocycles. The van der Waals surface area contributed by atoms with Crippen LogP contribution in [0.15, 0.2) is 54.1 Å². The zero-order valence-corrected chi connectivity index (χ0v) is 28.5. The number of nitro groups is 4. The number of nitro benzene ring substituents is 2. The Bertz CT molecular complexity index is 1620. The topological polar surface area (TPSA) is 236 Å². The van der Waals surface area contributed by atoms with Crippen molar-refractivity contribution in [3.63, 3.8) is 0 Å². The zero-order valence-electron chi connectivity index (χ0n) is 28.5. The summed E-state index contributed by atoms with van der Waals surface area (Å²) in [5, 5.41) is 54.9. The lowest BCUT2D eigenvalue weighted by Crippen LogP contribution is -2.53. The van der Waals surface area contributed by atoms with Crippen LogP contribution >= 0.6 is 0 Å². The van der Waals surface area contributed by atoms with E-state index in [1.807, 2.05) is 13.8 Å². The average molecular weight is 687 g/mol. The molecule has 0 aromatic heterocycles. The molecule has 3 unspecified atom stereocenters. The molecule has 0 radical (unpaired) electrons. The summed E-state index contributed by atoms with van der Waals surface area (Å²) in [6, 6.07) is 8.92. The molecule has 0 aliphatic rings. The lowest BCUT2D eigenvalue weighted by Gasteiger charge is -2.24. The number of aliphatic carboxylic acids is 1. The van der Waals surface area contributed by atoms with Crippen molar-refractivity contribution in [3.05, 3.63) is 111 Å². The number of carbonyl (C=O) groups excluding carboxylic acids is 1. The van der Waals surface area contributed by atoms with Crippen molar-refractivity contribution in [1.82, 2.24) is 0 Å². The summed E-state index contributed by atoms with van der Waals surface area (Å²) in [6.07, 6.45) is 3.95. The Labute approximate surface area is 283 Å². The summed E-state index contributed by atoms with van der Waals surface area (Å²) in [5.41, 5.74) is -2.35. The van der Waals surface area contributed by atoms with E-state index in [-0.39, 0.29) is 29.0 Å². The van der Waals surface area contributed by atoms with E-state index >= 15 is 0 Å². The van der Waals surface area contributed by atoms with Gasteiger partial charge in [-0.1, -0.05) is 75.6 Å². The summed E-state index contributed by atoms with van der Waals surface area (Å²) < 4.78 is 5.11. The molecule has 0 saturated carbocycles. The number of benzene rings is 2. The SMILES string of the molecule is C/C=C(/C(=O)OC(C)(C(CCCCC)[N+](=O)[O-])[N+](=O)[O-])c1ccccc1.CCC(C)c1cc([N+](=O)[O-])cc([N+](=O)[O-])c1C(C(=O)O)=C(C)C. The van der Waals surface area contributed by atoms with Gasteiger partial charge in [0.2, 0.25) is 0 Å². The second kappa shape index (κ2) is 18.7. The molecule has 2 aromatic rings. The van der Waals surface area contributed by atoms with Gasteiger partial charge in [0.15, 0.2) is 0 Å². The van der Waals surface area contributed by atoms with Crippen LogP contribution in [-0.2, 0) is 14.3 Å². The predicted molar refractivity (Wildman–Crippen MR) is 181 cm³/mol. The highest BCUT2D eigenvalue weighted by Crippen LogP contribution is 2.39. The first kappa shape index (κ1) is 41.5. The summed E-state index contributed by atoms with van der Waals surface area (Å²) in [5.74, 6) is -2.52. The lowest BCUT2D eigenvalue weighted by molar-refractivity contribution is -0.689. The molecular formula is C33H42N4O12. The number of unbranched alkanes of at least 4 members (excludes halogenated alkanes) is 2. The van der Waals surface area contributed by atoms with Gasteiger partial charge in [-0.15, -0.1) is 0 Å². The van der Waals surface area contributed by atoms with Gasteiger partial charge in [-0.05, 0) is 50.7 Å². The summed E-state index contributed by atoms with van der Waals surface area (Å²) in [7, 11) is 0. The van der Waals surface area contributed by atoms with Gasteiger partial charge in [0, 0.05) is 17.4 Å². The maximum atomic E-state index is 12.5. The molecule has 49 heavy (non-hydrogen) atoms. The van der Waals surface area contributed by atoms with E-state index in [9.17, 15) is 55.2 Å². The van der Waals surface area contributed by atoms with Crippen molar-refractivity contribution < 1.29 is 39.1 Å². The molecule has 0 amide bonds. The molecular weight excluding hydrogens is 644 g/mol. The number of allylic oxidation sites excluding steroid dienone is 2. The van der Waals surface area contributed by atoms with Gasteiger partial charge in [0.1, 0.15) is 0 Å². The maximum Gasteiger partial charge on any atom is 0.429 e. The number of ether oxygens (including phenoxy) is 1. The number of nitrogens with zero attached hydrogens (tertiary/aromatic N) is 4. The highest BCUT2D eigenvalue weighted by Gasteiger charge is 2.57. The molecule has 0 bridgehead atoms. The van der Waals surface area contributed by atoms with Crippen molar-refractivity contribution in [1.29, 1.82) is 0 Å². The minimum Gasteiger partial charge on any atom is -0.478 e. The van der Waals surface area contributed by atoms with Crippen molar-refractivity contribution in [2.45, 2.75) is 98.3 Å². The van der Waals surface area contributed by atoms with E-state index in [2.05, 4.69) is 0 Å². The van der Waals surface area contributed by atoms with Gasteiger partial charge in [0.05, 0.1) is 44.5 Å². The number of esters is 1. The lowest BCUT2D eigenvalue weighted by atomic mass is 9.86. The normalized spacial score (nSPS) is 13.4. The molecule has 2 rings (SSSR count).